The highest BCUT2D eigenvalue weighted by Crippen LogP contribution is 2.32. The Labute approximate surface area is 120 Å². The summed E-state index contributed by atoms with van der Waals surface area (Å²) in [6, 6.07) is 4.06. The van der Waals surface area contributed by atoms with Crippen molar-refractivity contribution in [3.8, 4) is 6.07 Å². The van der Waals surface area contributed by atoms with E-state index in [2.05, 4.69) is 35.2 Å². The van der Waals surface area contributed by atoms with E-state index in [0.717, 1.165) is 38.0 Å². The number of ether oxygens (including phenoxy) is 1. The average molecular weight is 274 g/mol. The van der Waals surface area contributed by atoms with Crippen LogP contribution in [0.2, 0.25) is 0 Å². The van der Waals surface area contributed by atoms with Crippen molar-refractivity contribution < 1.29 is 4.74 Å². The molecule has 1 aromatic heterocycles. The molecule has 108 valence electrons. The first kappa shape index (κ1) is 14.7. The van der Waals surface area contributed by atoms with Gasteiger partial charge in [0, 0.05) is 18.3 Å². The van der Waals surface area contributed by atoms with Crippen LogP contribution in [0.3, 0.4) is 0 Å². The molecule has 1 aliphatic heterocycles. The normalized spacial score (nSPS) is 21.2. The van der Waals surface area contributed by atoms with Gasteiger partial charge in [0.1, 0.15) is 11.8 Å². The Morgan fingerprint density at radius 3 is 2.85 bits per heavy atom. The van der Waals surface area contributed by atoms with Gasteiger partial charge in [0.05, 0.1) is 5.60 Å². The van der Waals surface area contributed by atoms with Crippen molar-refractivity contribution in [2.24, 2.45) is 0 Å². The van der Waals surface area contributed by atoms with Gasteiger partial charge < -0.3 is 10.1 Å². The zero-order valence-electron chi connectivity index (χ0n) is 12.4. The highest BCUT2D eigenvalue weighted by molar-refractivity contribution is 5.34. The van der Waals surface area contributed by atoms with E-state index in [1.807, 2.05) is 6.92 Å². The molecule has 0 spiro atoms. The van der Waals surface area contributed by atoms with Gasteiger partial charge in [-0.05, 0) is 38.7 Å². The summed E-state index contributed by atoms with van der Waals surface area (Å²) < 4.78 is 5.97. The van der Waals surface area contributed by atoms with Gasteiger partial charge in [0.15, 0.2) is 0 Å². The van der Waals surface area contributed by atoms with E-state index < -0.39 is 0 Å². The second-order valence-electron chi connectivity index (χ2n) is 5.40. The number of aromatic nitrogens is 2. The molecule has 1 unspecified atom stereocenters. The molecule has 0 aromatic carbocycles. The molecule has 2 heterocycles. The summed E-state index contributed by atoms with van der Waals surface area (Å²) in [4.78, 5) is 8.58. The molecular weight excluding hydrogens is 252 g/mol. The minimum atomic E-state index is -0.0300. The summed E-state index contributed by atoms with van der Waals surface area (Å²) in [7, 11) is 0. The summed E-state index contributed by atoms with van der Waals surface area (Å²) in [5.74, 6) is 0.551. The Kier molecular flexibility index (Phi) is 4.56. The maximum Gasteiger partial charge on any atom is 0.224 e. The Morgan fingerprint density at radius 2 is 2.20 bits per heavy atom. The molecule has 1 atom stereocenters. The van der Waals surface area contributed by atoms with Crippen LogP contribution in [0.25, 0.3) is 0 Å². The van der Waals surface area contributed by atoms with Gasteiger partial charge in [0.25, 0.3) is 0 Å². The van der Waals surface area contributed by atoms with Gasteiger partial charge in [-0.1, -0.05) is 13.8 Å². The summed E-state index contributed by atoms with van der Waals surface area (Å²) in [5.41, 5.74) is 1.19. The largest absolute Gasteiger partial charge is 0.375 e. The first-order valence-corrected chi connectivity index (χ1v) is 7.27. The quantitative estimate of drug-likeness (QED) is 0.914. The maximum atomic E-state index is 8.96. The van der Waals surface area contributed by atoms with Crippen molar-refractivity contribution in [3.63, 3.8) is 0 Å². The van der Waals surface area contributed by atoms with Gasteiger partial charge >= 0.3 is 0 Å². The first-order chi connectivity index (χ1) is 9.60. The van der Waals surface area contributed by atoms with Crippen LogP contribution in [0.4, 0.5) is 5.95 Å². The van der Waals surface area contributed by atoms with E-state index in [9.17, 15) is 0 Å². The Hall–Kier alpha value is -1.67. The highest BCUT2D eigenvalue weighted by Gasteiger charge is 2.34. The van der Waals surface area contributed by atoms with Crippen LogP contribution in [0.5, 0.6) is 0 Å². The molecule has 1 saturated heterocycles. The Balaban J connectivity index is 2.10. The van der Waals surface area contributed by atoms with Crippen LogP contribution in [-0.4, -0.2) is 28.2 Å². The molecule has 5 heteroatoms. The zero-order chi connectivity index (χ0) is 14.6. The van der Waals surface area contributed by atoms with Crippen molar-refractivity contribution >= 4 is 5.95 Å². The summed E-state index contributed by atoms with van der Waals surface area (Å²) in [6.45, 7) is 6.97. The molecule has 0 aliphatic carbocycles. The number of hydrogen-bond donors (Lipinski definition) is 1. The van der Waals surface area contributed by atoms with E-state index in [1.54, 1.807) is 6.07 Å². The fraction of sp³-hybridized carbons (Fsp3) is 0.667. The van der Waals surface area contributed by atoms with Crippen molar-refractivity contribution in [3.05, 3.63) is 17.5 Å². The molecule has 0 radical (unpaired) electrons. The molecule has 20 heavy (non-hydrogen) atoms. The van der Waals surface area contributed by atoms with Crippen LogP contribution >= 0.6 is 0 Å². The second kappa shape index (κ2) is 6.19. The fourth-order valence-electron chi connectivity index (χ4n) is 2.77. The fourth-order valence-corrected chi connectivity index (χ4v) is 2.77. The first-order valence-electron chi connectivity index (χ1n) is 7.27. The van der Waals surface area contributed by atoms with Gasteiger partial charge in [0.2, 0.25) is 5.95 Å². The molecule has 1 N–H and O–H groups in total. The van der Waals surface area contributed by atoms with Crippen LogP contribution in [-0.2, 0) is 4.74 Å². The van der Waals surface area contributed by atoms with E-state index in [-0.39, 0.29) is 5.60 Å². The van der Waals surface area contributed by atoms with Gasteiger partial charge in [-0.3, -0.25) is 0 Å². The van der Waals surface area contributed by atoms with Crippen molar-refractivity contribution in [1.29, 1.82) is 5.26 Å². The third-order valence-corrected chi connectivity index (χ3v) is 4.08. The summed E-state index contributed by atoms with van der Waals surface area (Å²) >= 11 is 0. The monoisotopic (exact) mass is 274 g/mol. The van der Waals surface area contributed by atoms with Crippen molar-refractivity contribution in [2.45, 2.75) is 58.1 Å². The van der Waals surface area contributed by atoms with E-state index in [4.69, 9.17) is 10.00 Å². The van der Waals surface area contributed by atoms with Gasteiger partial charge in [-0.25, -0.2) is 9.97 Å². The van der Waals surface area contributed by atoms with Crippen LogP contribution in [0.1, 0.15) is 50.9 Å². The minimum absolute atomic E-state index is 0.0300. The minimum Gasteiger partial charge on any atom is -0.375 e. The molecule has 0 amide bonds. The topological polar surface area (TPSA) is 70.8 Å². The average Bonchev–Trinajstić information content (AvgIpc) is 2.46. The molecule has 5 nitrogen and oxygen atoms in total. The number of aryl methyl sites for hydroxylation is 1. The molecule has 0 saturated carbocycles. The smallest absolute Gasteiger partial charge is 0.224 e. The lowest BCUT2D eigenvalue weighted by Crippen LogP contribution is -2.43. The summed E-state index contributed by atoms with van der Waals surface area (Å²) in [5, 5.41) is 12.3. The SMILES string of the molecule is CCC1(CC)CC(Nc2nc(C)cc(C#N)n2)CCO1. The molecule has 1 fully saturated rings. The lowest BCUT2D eigenvalue weighted by Gasteiger charge is -2.40. The predicted octanol–water partition coefficient (Wildman–Crippen LogP) is 2.81. The van der Waals surface area contributed by atoms with E-state index in [0.29, 0.717) is 17.7 Å². The Morgan fingerprint density at radius 1 is 1.45 bits per heavy atom. The number of nitrogens with zero attached hydrogens (tertiary/aromatic N) is 3. The number of nitrogens with one attached hydrogen (secondary N) is 1. The lowest BCUT2D eigenvalue weighted by atomic mass is 9.86. The van der Waals surface area contributed by atoms with Crippen LogP contribution in [0, 0.1) is 18.3 Å². The van der Waals surface area contributed by atoms with Crippen LogP contribution < -0.4 is 5.32 Å². The van der Waals surface area contributed by atoms with E-state index in [1.165, 1.54) is 0 Å². The second-order valence-corrected chi connectivity index (χ2v) is 5.40. The highest BCUT2D eigenvalue weighted by atomic mass is 16.5. The number of anilines is 1. The summed E-state index contributed by atoms with van der Waals surface area (Å²) in [6.07, 6.45) is 3.93. The van der Waals surface area contributed by atoms with Crippen molar-refractivity contribution in [2.75, 3.05) is 11.9 Å². The predicted molar refractivity (Wildman–Crippen MR) is 77.4 cm³/mol. The zero-order valence-corrected chi connectivity index (χ0v) is 12.4. The van der Waals surface area contributed by atoms with Crippen molar-refractivity contribution in [1.82, 2.24) is 9.97 Å². The molecule has 0 bridgehead atoms. The maximum absolute atomic E-state index is 8.96. The molecule has 1 aromatic rings. The van der Waals surface area contributed by atoms with E-state index >= 15 is 0 Å². The standard InChI is InChI=1S/C15H22N4O/c1-4-15(5-2)9-12(6-7-20-15)18-14-17-11(3)8-13(10-16)19-14/h8,12H,4-7,9H2,1-3H3,(H,17,18,19). The van der Waals surface area contributed by atoms with Gasteiger partial charge in [-0.2, -0.15) is 5.26 Å². The molecule has 2 rings (SSSR count). The number of nitriles is 1. The molecular formula is C15H22N4O. The van der Waals surface area contributed by atoms with Crippen LogP contribution in [0.15, 0.2) is 6.07 Å². The third-order valence-electron chi connectivity index (χ3n) is 4.08. The third kappa shape index (κ3) is 3.26. The van der Waals surface area contributed by atoms with Gasteiger partial charge in [-0.15, -0.1) is 0 Å². The lowest BCUT2D eigenvalue weighted by molar-refractivity contribution is -0.0865. The number of hydrogen-bond acceptors (Lipinski definition) is 5. The molecule has 1 aliphatic rings. The number of rotatable bonds is 4. The Bertz CT molecular complexity index is 505.